The quantitative estimate of drug-likeness (QED) is 0.675. The van der Waals surface area contributed by atoms with Crippen LogP contribution in [0.1, 0.15) is 5.56 Å². The Bertz CT molecular complexity index is 1000. The van der Waals surface area contributed by atoms with Crippen molar-refractivity contribution in [3.8, 4) is 5.75 Å². The lowest BCUT2D eigenvalue weighted by atomic mass is 10.2. The zero-order valence-corrected chi connectivity index (χ0v) is 18.9. The topological polar surface area (TPSA) is 70.2 Å². The van der Waals surface area contributed by atoms with E-state index < -0.39 is 10.0 Å². The van der Waals surface area contributed by atoms with Crippen molar-refractivity contribution in [1.82, 2.24) is 4.90 Å². The van der Waals surface area contributed by atoms with E-state index in [1.807, 2.05) is 24.3 Å². The number of hydrogen-bond acceptors (Lipinski definition) is 5. The number of sulfonamides is 1. The van der Waals surface area contributed by atoms with Crippen molar-refractivity contribution in [2.75, 3.05) is 55.3 Å². The predicted molar refractivity (Wildman–Crippen MR) is 120 cm³/mol. The molecule has 1 fully saturated rings. The van der Waals surface area contributed by atoms with Crippen molar-refractivity contribution in [3.63, 3.8) is 0 Å². The van der Waals surface area contributed by atoms with Gasteiger partial charge in [0.15, 0.2) is 0 Å². The summed E-state index contributed by atoms with van der Waals surface area (Å²) in [6.45, 7) is 3.94. The molecule has 0 bridgehead atoms. The summed E-state index contributed by atoms with van der Waals surface area (Å²) < 4.78 is 31.1. The average Bonchev–Trinajstić information content (AvgIpc) is 2.73. The number of halogens is 1. The molecule has 30 heavy (non-hydrogen) atoms. The van der Waals surface area contributed by atoms with E-state index in [2.05, 4.69) is 4.90 Å². The van der Waals surface area contributed by atoms with Crippen molar-refractivity contribution < 1.29 is 17.9 Å². The lowest BCUT2D eigenvalue weighted by molar-refractivity contribution is -0.129. The van der Waals surface area contributed by atoms with E-state index >= 15 is 0 Å². The van der Waals surface area contributed by atoms with Crippen molar-refractivity contribution >= 4 is 38.9 Å². The number of anilines is 2. The summed E-state index contributed by atoms with van der Waals surface area (Å²) >= 11 is 6.06. The monoisotopic (exact) mass is 451 g/mol. The molecule has 7 nitrogen and oxygen atoms in total. The van der Waals surface area contributed by atoms with Gasteiger partial charge in [0.1, 0.15) is 12.3 Å². The Morgan fingerprint density at radius 3 is 2.30 bits per heavy atom. The van der Waals surface area contributed by atoms with Gasteiger partial charge in [-0.2, -0.15) is 0 Å². The summed E-state index contributed by atoms with van der Waals surface area (Å²) in [5.41, 5.74) is 2.23. The fraction of sp³-hybridized carbons (Fsp3) is 0.381. The Kier molecular flexibility index (Phi) is 6.77. The number of methoxy groups -OCH3 is 1. The molecule has 0 aromatic heterocycles. The van der Waals surface area contributed by atoms with E-state index in [0.29, 0.717) is 36.9 Å². The Labute approximate surface area is 182 Å². The summed E-state index contributed by atoms with van der Waals surface area (Å²) in [5, 5.41) is 0.421. The van der Waals surface area contributed by atoms with E-state index in [1.54, 1.807) is 37.1 Å². The third kappa shape index (κ3) is 5.17. The molecule has 0 spiro atoms. The summed E-state index contributed by atoms with van der Waals surface area (Å²) in [5.74, 6) is 0.568. The van der Waals surface area contributed by atoms with Crippen molar-refractivity contribution in [2.24, 2.45) is 0 Å². The molecule has 2 aromatic carbocycles. The first-order chi connectivity index (χ1) is 14.2. The van der Waals surface area contributed by atoms with Gasteiger partial charge in [-0.15, -0.1) is 0 Å². The number of hydrogen-bond donors (Lipinski definition) is 0. The number of rotatable bonds is 6. The van der Waals surface area contributed by atoms with Crippen LogP contribution in [0.25, 0.3) is 0 Å². The number of nitrogens with zero attached hydrogens (tertiary/aromatic N) is 3. The van der Waals surface area contributed by atoms with Crippen LogP contribution >= 0.6 is 11.6 Å². The standard InChI is InChI=1S/C21H26ClN3O4S/c1-16-4-5-17(22)14-20(16)25(30(3,27)28)15-21(26)24-12-10-23(11-13-24)18-6-8-19(29-2)9-7-18/h4-9,14H,10-13,15H2,1-3H3. The number of piperazine rings is 1. The smallest absolute Gasteiger partial charge is 0.243 e. The highest BCUT2D eigenvalue weighted by atomic mass is 35.5. The molecule has 9 heteroatoms. The van der Waals surface area contributed by atoms with E-state index in [1.165, 1.54) is 0 Å². The molecule has 1 aliphatic heterocycles. The number of amides is 1. The molecule has 162 valence electrons. The first-order valence-electron chi connectivity index (χ1n) is 9.59. The highest BCUT2D eigenvalue weighted by molar-refractivity contribution is 7.92. The van der Waals surface area contributed by atoms with Crippen LogP contribution < -0.4 is 13.9 Å². The Balaban J connectivity index is 1.68. The van der Waals surface area contributed by atoms with Gasteiger partial charge in [-0.05, 0) is 48.9 Å². The van der Waals surface area contributed by atoms with Crippen LogP contribution in [0.15, 0.2) is 42.5 Å². The first kappa shape index (κ1) is 22.2. The minimum absolute atomic E-state index is 0.228. The number of aryl methyl sites for hydroxylation is 1. The summed E-state index contributed by atoms with van der Waals surface area (Å²) in [7, 11) is -2.02. The Morgan fingerprint density at radius 1 is 1.10 bits per heavy atom. The predicted octanol–water partition coefficient (Wildman–Crippen LogP) is 2.77. The van der Waals surface area contributed by atoms with Gasteiger partial charge >= 0.3 is 0 Å². The zero-order chi connectivity index (χ0) is 21.9. The molecule has 1 aliphatic rings. The van der Waals surface area contributed by atoms with Gasteiger partial charge in [0, 0.05) is 36.9 Å². The maximum atomic E-state index is 12.9. The fourth-order valence-electron chi connectivity index (χ4n) is 3.46. The van der Waals surface area contributed by atoms with Gasteiger partial charge in [0.25, 0.3) is 0 Å². The second-order valence-corrected chi connectivity index (χ2v) is 9.61. The fourth-order valence-corrected chi connectivity index (χ4v) is 4.53. The molecule has 0 aliphatic carbocycles. The van der Waals surface area contributed by atoms with Gasteiger partial charge in [0.05, 0.1) is 19.1 Å². The highest BCUT2D eigenvalue weighted by Gasteiger charge is 2.27. The zero-order valence-electron chi connectivity index (χ0n) is 17.3. The Hall–Kier alpha value is -2.45. The van der Waals surface area contributed by atoms with E-state index in [0.717, 1.165) is 27.6 Å². The normalized spacial score (nSPS) is 14.5. The maximum Gasteiger partial charge on any atom is 0.243 e. The second kappa shape index (κ2) is 9.14. The van der Waals surface area contributed by atoms with E-state index in [9.17, 15) is 13.2 Å². The molecule has 1 amide bonds. The third-order valence-electron chi connectivity index (χ3n) is 5.19. The van der Waals surface area contributed by atoms with Crippen LogP contribution in [-0.4, -0.2) is 65.3 Å². The van der Waals surface area contributed by atoms with Crippen LogP contribution in [-0.2, 0) is 14.8 Å². The van der Waals surface area contributed by atoms with Gasteiger partial charge in [-0.1, -0.05) is 17.7 Å². The summed E-state index contributed by atoms with van der Waals surface area (Å²) in [6.07, 6.45) is 1.10. The van der Waals surface area contributed by atoms with Crippen LogP contribution in [0.4, 0.5) is 11.4 Å². The van der Waals surface area contributed by atoms with Gasteiger partial charge in [0.2, 0.25) is 15.9 Å². The number of ether oxygens (including phenoxy) is 1. The minimum Gasteiger partial charge on any atom is -0.497 e. The van der Waals surface area contributed by atoms with Gasteiger partial charge in [-0.25, -0.2) is 8.42 Å². The highest BCUT2D eigenvalue weighted by Crippen LogP contribution is 2.27. The lowest BCUT2D eigenvalue weighted by Gasteiger charge is -2.37. The molecule has 1 saturated heterocycles. The van der Waals surface area contributed by atoms with Crippen LogP contribution in [0, 0.1) is 6.92 Å². The number of carbonyl (C=O) groups excluding carboxylic acids is 1. The van der Waals surface area contributed by atoms with E-state index in [-0.39, 0.29) is 12.5 Å². The minimum atomic E-state index is -3.65. The third-order valence-corrected chi connectivity index (χ3v) is 6.55. The molecule has 0 radical (unpaired) electrons. The van der Waals surface area contributed by atoms with Gasteiger partial charge < -0.3 is 14.5 Å². The molecular formula is C21H26ClN3O4S. The Morgan fingerprint density at radius 2 is 1.73 bits per heavy atom. The number of benzene rings is 2. The van der Waals surface area contributed by atoms with Crippen molar-refractivity contribution in [2.45, 2.75) is 6.92 Å². The SMILES string of the molecule is COc1ccc(N2CCN(C(=O)CN(c3cc(Cl)ccc3C)S(C)(=O)=O)CC2)cc1. The van der Waals surface area contributed by atoms with Crippen LogP contribution in [0.2, 0.25) is 5.02 Å². The molecule has 2 aromatic rings. The van der Waals surface area contributed by atoms with Gasteiger partial charge in [-0.3, -0.25) is 9.10 Å². The van der Waals surface area contributed by atoms with E-state index in [4.69, 9.17) is 16.3 Å². The van der Waals surface area contributed by atoms with Crippen LogP contribution in [0.5, 0.6) is 5.75 Å². The van der Waals surface area contributed by atoms with Crippen molar-refractivity contribution in [3.05, 3.63) is 53.1 Å². The average molecular weight is 452 g/mol. The molecule has 0 N–H and O–H groups in total. The van der Waals surface area contributed by atoms with Crippen molar-refractivity contribution in [1.29, 1.82) is 0 Å². The largest absolute Gasteiger partial charge is 0.497 e. The van der Waals surface area contributed by atoms with Crippen LogP contribution in [0.3, 0.4) is 0 Å². The number of carbonyl (C=O) groups is 1. The lowest BCUT2D eigenvalue weighted by Crippen LogP contribution is -2.52. The first-order valence-corrected chi connectivity index (χ1v) is 11.8. The molecule has 3 rings (SSSR count). The second-order valence-electron chi connectivity index (χ2n) is 7.27. The molecule has 0 atom stereocenters. The maximum absolute atomic E-state index is 12.9. The summed E-state index contributed by atoms with van der Waals surface area (Å²) in [6, 6.07) is 12.8. The molecule has 0 saturated carbocycles. The molecule has 1 heterocycles. The molecule has 0 unspecified atom stereocenters. The summed E-state index contributed by atoms with van der Waals surface area (Å²) in [4.78, 5) is 16.8. The molecular weight excluding hydrogens is 426 g/mol.